The maximum atomic E-state index is 12.5. The Labute approximate surface area is 142 Å². The third-order valence-corrected chi connectivity index (χ3v) is 4.82. The zero-order chi connectivity index (χ0) is 17.6. The van der Waals surface area contributed by atoms with Gasteiger partial charge in [-0.05, 0) is 43.2 Å². The quantitative estimate of drug-likeness (QED) is 0.777. The topological polar surface area (TPSA) is 72.5 Å². The van der Waals surface area contributed by atoms with E-state index in [9.17, 15) is 13.2 Å². The summed E-state index contributed by atoms with van der Waals surface area (Å²) in [5, 5.41) is 0. The molecular weight excluding hydrogens is 326 g/mol. The van der Waals surface area contributed by atoms with Crippen LogP contribution in [-0.2, 0) is 21.2 Å². The van der Waals surface area contributed by atoms with Gasteiger partial charge in [-0.25, -0.2) is 13.2 Å². The number of benzene rings is 2. The largest absolute Gasteiger partial charge is 0.462 e. The Morgan fingerprint density at radius 3 is 2.33 bits per heavy atom. The van der Waals surface area contributed by atoms with Crippen molar-refractivity contribution in [1.29, 1.82) is 0 Å². The first kappa shape index (κ1) is 18.0. The minimum atomic E-state index is -3.77. The number of carbonyl (C=O) groups excluding carboxylic acids is 1. The van der Waals surface area contributed by atoms with Gasteiger partial charge < -0.3 is 4.74 Å². The van der Waals surface area contributed by atoms with Crippen molar-refractivity contribution in [3.63, 3.8) is 0 Å². The summed E-state index contributed by atoms with van der Waals surface area (Å²) in [7, 11) is -3.77. The van der Waals surface area contributed by atoms with Crippen molar-refractivity contribution in [3.8, 4) is 0 Å². The van der Waals surface area contributed by atoms with E-state index in [1.54, 1.807) is 43.3 Å². The number of ether oxygens (including phenoxy) is 1. The average Bonchev–Trinajstić information content (AvgIpc) is 2.56. The van der Waals surface area contributed by atoms with Crippen molar-refractivity contribution in [2.75, 3.05) is 11.3 Å². The molecule has 0 aromatic heterocycles. The first-order valence-corrected chi connectivity index (χ1v) is 9.34. The van der Waals surface area contributed by atoms with Gasteiger partial charge in [0.25, 0.3) is 10.0 Å². The Bertz CT molecular complexity index is 798. The second-order valence-corrected chi connectivity index (χ2v) is 6.95. The van der Waals surface area contributed by atoms with Gasteiger partial charge in [0.05, 0.1) is 22.8 Å². The van der Waals surface area contributed by atoms with Gasteiger partial charge in [0.2, 0.25) is 0 Å². The van der Waals surface area contributed by atoms with Crippen LogP contribution in [0.3, 0.4) is 0 Å². The summed E-state index contributed by atoms with van der Waals surface area (Å²) in [5.74, 6) is -0.561. The van der Waals surface area contributed by atoms with Gasteiger partial charge in [-0.2, -0.15) is 0 Å². The Morgan fingerprint density at radius 2 is 1.71 bits per heavy atom. The molecule has 0 heterocycles. The van der Waals surface area contributed by atoms with Crippen molar-refractivity contribution < 1.29 is 17.9 Å². The molecule has 128 valence electrons. The molecule has 0 radical (unpaired) electrons. The van der Waals surface area contributed by atoms with Crippen LogP contribution in [0.5, 0.6) is 0 Å². The third-order valence-electron chi connectivity index (χ3n) is 3.44. The maximum Gasteiger partial charge on any atom is 0.340 e. The predicted octanol–water partition coefficient (Wildman–Crippen LogP) is 3.62. The fourth-order valence-electron chi connectivity index (χ4n) is 2.29. The van der Waals surface area contributed by atoms with Crippen LogP contribution in [0.1, 0.15) is 36.2 Å². The van der Waals surface area contributed by atoms with E-state index in [1.165, 1.54) is 12.1 Å². The molecule has 0 saturated carbocycles. The number of nitrogens with one attached hydrogen (secondary N) is 1. The first-order chi connectivity index (χ1) is 11.5. The third kappa shape index (κ3) is 4.35. The minimum absolute atomic E-state index is 0.154. The molecule has 5 nitrogen and oxygen atoms in total. The lowest BCUT2D eigenvalue weighted by Crippen LogP contribution is -2.16. The molecule has 0 atom stereocenters. The highest BCUT2D eigenvalue weighted by atomic mass is 32.2. The minimum Gasteiger partial charge on any atom is -0.462 e. The van der Waals surface area contributed by atoms with E-state index < -0.39 is 16.0 Å². The Balaban J connectivity index is 2.28. The van der Waals surface area contributed by atoms with Gasteiger partial charge in [-0.3, -0.25) is 4.72 Å². The van der Waals surface area contributed by atoms with E-state index in [2.05, 4.69) is 11.6 Å². The summed E-state index contributed by atoms with van der Waals surface area (Å²) in [4.78, 5) is 12.1. The normalized spacial score (nSPS) is 11.1. The zero-order valence-corrected chi connectivity index (χ0v) is 14.6. The Kier molecular flexibility index (Phi) is 5.98. The van der Waals surface area contributed by atoms with E-state index >= 15 is 0 Å². The molecule has 2 aromatic rings. The van der Waals surface area contributed by atoms with E-state index in [-0.39, 0.29) is 22.8 Å². The molecule has 24 heavy (non-hydrogen) atoms. The lowest BCUT2D eigenvalue weighted by Gasteiger charge is -2.12. The van der Waals surface area contributed by atoms with E-state index in [0.29, 0.717) is 0 Å². The molecule has 1 N–H and O–H groups in total. The number of esters is 1. The van der Waals surface area contributed by atoms with Crippen molar-refractivity contribution in [3.05, 3.63) is 59.7 Å². The Hall–Kier alpha value is -2.34. The molecule has 0 fully saturated rings. The SMILES string of the molecule is CCCc1ccc(S(=O)(=O)Nc2ccccc2C(=O)OCC)cc1. The van der Waals surface area contributed by atoms with Crippen LogP contribution >= 0.6 is 0 Å². The van der Waals surface area contributed by atoms with Crippen LogP contribution < -0.4 is 4.72 Å². The smallest absolute Gasteiger partial charge is 0.340 e. The lowest BCUT2D eigenvalue weighted by molar-refractivity contribution is 0.0527. The summed E-state index contributed by atoms with van der Waals surface area (Å²) in [6.07, 6.45) is 1.90. The number of rotatable bonds is 7. The summed E-state index contributed by atoms with van der Waals surface area (Å²) in [6, 6.07) is 13.1. The summed E-state index contributed by atoms with van der Waals surface area (Å²) in [6.45, 7) is 3.99. The summed E-state index contributed by atoms with van der Waals surface area (Å²) >= 11 is 0. The molecule has 2 rings (SSSR count). The predicted molar refractivity (Wildman–Crippen MR) is 93.6 cm³/mol. The van der Waals surface area contributed by atoms with Crippen molar-refractivity contribution in [2.24, 2.45) is 0 Å². The highest BCUT2D eigenvalue weighted by molar-refractivity contribution is 7.92. The molecule has 0 bridgehead atoms. The Morgan fingerprint density at radius 1 is 1.04 bits per heavy atom. The summed E-state index contributed by atoms with van der Waals surface area (Å²) < 4.78 is 32.5. The molecular formula is C18H21NO4S. The average molecular weight is 347 g/mol. The molecule has 0 aliphatic carbocycles. The fraction of sp³-hybridized carbons (Fsp3) is 0.278. The number of carbonyl (C=O) groups is 1. The molecule has 0 amide bonds. The molecule has 0 aliphatic rings. The van der Waals surface area contributed by atoms with E-state index in [1.807, 2.05) is 0 Å². The molecule has 2 aromatic carbocycles. The highest BCUT2D eigenvalue weighted by Gasteiger charge is 2.19. The van der Waals surface area contributed by atoms with E-state index in [4.69, 9.17) is 4.74 Å². The number of aryl methyl sites for hydroxylation is 1. The number of para-hydroxylation sites is 1. The summed E-state index contributed by atoms with van der Waals surface area (Å²) in [5.41, 5.74) is 1.47. The zero-order valence-electron chi connectivity index (χ0n) is 13.8. The van der Waals surface area contributed by atoms with Gasteiger partial charge in [-0.1, -0.05) is 37.6 Å². The molecule has 0 aliphatic heterocycles. The molecule has 6 heteroatoms. The maximum absolute atomic E-state index is 12.5. The van der Waals surface area contributed by atoms with E-state index in [0.717, 1.165) is 18.4 Å². The van der Waals surface area contributed by atoms with Gasteiger partial charge >= 0.3 is 5.97 Å². The highest BCUT2D eigenvalue weighted by Crippen LogP contribution is 2.21. The van der Waals surface area contributed by atoms with Crippen molar-refractivity contribution >= 4 is 21.7 Å². The van der Waals surface area contributed by atoms with Gasteiger partial charge in [0, 0.05) is 0 Å². The lowest BCUT2D eigenvalue weighted by atomic mass is 10.1. The van der Waals surface area contributed by atoms with Crippen LogP contribution in [-0.4, -0.2) is 21.0 Å². The number of sulfonamides is 1. The molecule has 0 saturated heterocycles. The number of hydrogen-bond donors (Lipinski definition) is 1. The van der Waals surface area contributed by atoms with Crippen LogP contribution in [0.25, 0.3) is 0 Å². The fourth-order valence-corrected chi connectivity index (χ4v) is 3.37. The second-order valence-electron chi connectivity index (χ2n) is 5.27. The number of hydrogen-bond acceptors (Lipinski definition) is 4. The van der Waals surface area contributed by atoms with Gasteiger partial charge in [-0.15, -0.1) is 0 Å². The van der Waals surface area contributed by atoms with Crippen LogP contribution in [0.15, 0.2) is 53.4 Å². The molecule has 0 spiro atoms. The van der Waals surface area contributed by atoms with Crippen molar-refractivity contribution in [1.82, 2.24) is 0 Å². The second kappa shape index (κ2) is 7.97. The van der Waals surface area contributed by atoms with Crippen molar-refractivity contribution in [2.45, 2.75) is 31.6 Å². The standard InChI is InChI=1S/C18H21NO4S/c1-3-7-14-10-12-15(13-11-14)24(21,22)19-17-9-6-5-8-16(17)18(20)23-4-2/h5-6,8-13,19H,3-4,7H2,1-2H3. The first-order valence-electron chi connectivity index (χ1n) is 7.85. The van der Waals surface area contributed by atoms with Gasteiger partial charge in [0.1, 0.15) is 0 Å². The van der Waals surface area contributed by atoms with Gasteiger partial charge in [0.15, 0.2) is 0 Å². The van der Waals surface area contributed by atoms with Crippen LogP contribution in [0.4, 0.5) is 5.69 Å². The number of anilines is 1. The van der Waals surface area contributed by atoms with Crippen LogP contribution in [0, 0.1) is 0 Å². The molecule has 0 unspecified atom stereocenters. The van der Waals surface area contributed by atoms with Crippen LogP contribution in [0.2, 0.25) is 0 Å². The monoisotopic (exact) mass is 347 g/mol.